The second kappa shape index (κ2) is 4.14. The fraction of sp³-hybridized carbons (Fsp3) is 1.00. The first-order valence-corrected chi connectivity index (χ1v) is 4.28. The van der Waals surface area contributed by atoms with E-state index >= 15 is 0 Å². The summed E-state index contributed by atoms with van der Waals surface area (Å²) in [6.07, 6.45) is -1.37. The molecule has 1 N–H and O–H groups in total. The molecule has 0 aromatic heterocycles. The molecule has 2 atom stereocenters. The summed E-state index contributed by atoms with van der Waals surface area (Å²) in [4.78, 5) is 1.68. The molecule has 1 heterocycles. The number of likely N-dealkylation sites (tertiary alicyclic amines) is 1. The summed E-state index contributed by atoms with van der Waals surface area (Å²) in [6.45, 7) is 2.48. The van der Waals surface area contributed by atoms with Crippen LogP contribution in [0.2, 0.25) is 0 Å². The highest BCUT2D eigenvalue weighted by molar-refractivity contribution is 4.84. The second-order valence-corrected chi connectivity index (χ2v) is 3.40. The maximum absolute atomic E-state index is 12.0. The van der Waals surface area contributed by atoms with Crippen molar-refractivity contribution in [1.29, 1.82) is 0 Å². The minimum Gasteiger partial charge on any atom is -0.395 e. The number of hydrogen-bond donors (Lipinski definition) is 1. The van der Waals surface area contributed by atoms with Gasteiger partial charge < -0.3 is 5.11 Å². The molecule has 0 spiro atoms. The van der Waals surface area contributed by atoms with Crippen LogP contribution >= 0.6 is 0 Å². The quantitative estimate of drug-likeness (QED) is 0.697. The van der Waals surface area contributed by atoms with Gasteiger partial charge in [0.15, 0.2) is 0 Å². The van der Waals surface area contributed by atoms with Gasteiger partial charge in [0.25, 0.3) is 6.43 Å². The Bertz CT molecular complexity index is 143. The van der Waals surface area contributed by atoms with E-state index in [4.69, 9.17) is 5.11 Å². The number of alkyl halides is 2. The Labute approximate surface area is 71.2 Å². The summed E-state index contributed by atoms with van der Waals surface area (Å²) < 4.78 is 24.0. The number of aliphatic hydroxyl groups is 1. The lowest BCUT2D eigenvalue weighted by Crippen LogP contribution is -2.38. The maximum Gasteiger partial charge on any atom is 0.251 e. The first-order valence-electron chi connectivity index (χ1n) is 4.28. The van der Waals surface area contributed by atoms with Gasteiger partial charge in [-0.15, -0.1) is 0 Å². The van der Waals surface area contributed by atoms with Crippen LogP contribution in [0.1, 0.15) is 13.3 Å². The molecule has 4 heteroatoms. The molecular weight excluding hydrogens is 164 g/mol. The van der Waals surface area contributed by atoms with Crippen molar-refractivity contribution in [2.75, 3.05) is 19.7 Å². The molecule has 0 amide bonds. The highest BCUT2D eigenvalue weighted by atomic mass is 19.3. The molecule has 0 saturated carbocycles. The molecular formula is C8H15F2NO. The van der Waals surface area contributed by atoms with Crippen molar-refractivity contribution in [2.45, 2.75) is 25.8 Å². The Hall–Kier alpha value is -0.220. The molecule has 2 nitrogen and oxygen atoms in total. The molecule has 0 bridgehead atoms. The van der Waals surface area contributed by atoms with Crippen molar-refractivity contribution in [2.24, 2.45) is 5.92 Å². The van der Waals surface area contributed by atoms with Crippen LogP contribution in [0.3, 0.4) is 0 Å². The van der Waals surface area contributed by atoms with Crippen LogP contribution in [0.15, 0.2) is 0 Å². The van der Waals surface area contributed by atoms with Crippen LogP contribution in [0.4, 0.5) is 8.78 Å². The molecule has 1 aliphatic rings. The van der Waals surface area contributed by atoms with Gasteiger partial charge in [-0.2, -0.15) is 0 Å². The number of aliphatic hydroxyl groups excluding tert-OH is 1. The van der Waals surface area contributed by atoms with Crippen molar-refractivity contribution in [1.82, 2.24) is 4.90 Å². The molecule has 1 saturated heterocycles. The topological polar surface area (TPSA) is 23.5 Å². The fourth-order valence-corrected chi connectivity index (χ4v) is 1.79. The number of nitrogens with zero attached hydrogens (tertiary/aromatic N) is 1. The zero-order chi connectivity index (χ0) is 9.14. The fourth-order valence-electron chi connectivity index (χ4n) is 1.79. The SMILES string of the molecule is CC1CCN(CC(F)F)C1CO. The molecule has 0 aromatic rings. The molecule has 1 aliphatic heterocycles. The van der Waals surface area contributed by atoms with Gasteiger partial charge in [0.2, 0.25) is 0 Å². The zero-order valence-electron chi connectivity index (χ0n) is 7.21. The Morgan fingerprint density at radius 3 is 2.75 bits per heavy atom. The van der Waals surface area contributed by atoms with Crippen molar-refractivity contribution in [3.05, 3.63) is 0 Å². The third kappa shape index (κ3) is 2.14. The summed E-state index contributed by atoms with van der Waals surface area (Å²) in [5.41, 5.74) is 0. The molecule has 72 valence electrons. The third-order valence-electron chi connectivity index (χ3n) is 2.56. The number of rotatable bonds is 3. The Balaban J connectivity index is 2.43. The van der Waals surface area contributed by atoms with E-state index in [2.05, 4.69) is 0 Å². The lowest BCUT2D eigenvalue weighted by Gasteiger charge is -2.24. The molecule has 0 aromatic carbocycles. The van der Waals surface area contributed by atoms with E-state index in [1.807, 2.05) is 6.92 Å². The van der Waals surface area contributed by atoms with Gasteiger partial charge in [-0.05, 0) is 18.9 Å². The monoisotopic (exact) mass is 179 g/mol. The third-order valence-corrected chi connectivity index (χ3v) is 2.56. The van der Waals surface area contributed by atoms with E-state index < -0.39 is 6.43 Å². The molecule has 1 fully saturated rings. The Morgan fingerprint density at radius 2 is 2.25 bits per heavy atom. The summed E-state index contributed by atoms with van der Waals surface area (Å²) in [5.74, 6) is 0.341. The number of halogens is 2. The van der Waals surface area contributed by atoms with Crippen LogP contribution in [0.5, 0.6) is 0 Å². The summed E-state index contributed by atoms with van der Waals surface area (Å²) in [6, 6.07) is -0.0565. The van der Waals surface area contributed by atoms with Gasteiger partial charge in [0.05, 0.1) is 13.2 Å². The predicted molar refractivity (Wildman–Crippen MR) is 42.2 cm³/mol. The highest BCUT2D eigenvalue weighted by Gasteiger charge is 2.31. The van der Waals surface area contributed by atoms with Gasteiger partial charge >= 0.3 is 0 Å². The molecule has 1 rings (SSSR count). The molecule has 2 unspecified atom stereocenters. The summed E-state index contributed by atoms with van der Waals surface area (Å²) >= 11 is 0. The van der Waals surface area contributed by atoms with Gasteiger partial charge in [-0.25, -0.2) is 8.78 Å². The number of hydrogen-bond acceptors (Lipinski definition) is 2. The molecule has 12 heavy (non-hydrogen) atoms. The predicted octanol–water partition coefficient (Wildman–Crippen LogP) is 0.954. The van der Waals surface area contributed by atoms with Crippen LogP contribution in [0, 0.1) is 5.92 Å². The van der Waals surface area contributed by atoms with Crippen LogP contribution in [-0.2, 0) is 0 Å². The van der Waals surface area contributed by atoms with Gasteiger partial charge in [0, 0.05) is 6.04 Å². The average Bonchev–Trinajstić information content (AvgIpc) is 2.30. The van der Waals surface area contributed by atoms with Crippen LogP contribution < -0.4 is 0 Å². The van der Waals surface area contributed by atoms with E-state index in [9.17, 15) is 8.78 Å². The molecule has 0 aliphatic carbocycles. The minimum absolute atomic E-state index is 0.00606. The second-order valence-electron chi connectivity index (χ2n) is 3.40. The van der Waals surface area contributed by atoms with Gasteiger partial charge in [0.1, 0.15) is 0 Å². The maximum atomic E-state index is 12.0. The van der Waals surface area contributed by atoms with E-state index in [1.54, 1.807) is 4.90 Å². The van der Waals surface area contributed by atoms with Crippen LogP contribution in [0.25, 0.3) is 0 Å². The standard InChI is InChI=1S/C8H15F2NO/c1-6-2-3-11(4-8(9)10)7(6)5-12/h6-8,12H,2-5H2,1H3. The first kappa shape index (κ1) is 9.86. The van der Waals surface area contributed by atoms with Crippen molar-refractivity contribution < 1.29 is 13.9 Å². The van der Waals surface area contributed by atoms with E-state index in [1.165, 1.54) is 0 Å². The lowest BCUT2D eigenvalue weighted by atomic mass is 10.0. The highest BCUT2D eigenvalue weighted by Crippen LogP contribution is 2.23. The largest absolute Gasteiger partial charge is 0.395 e. The van der Waals surface area contributed by atoms with Crippen LogP contribution in [-0.4, -0.2) is 42.2 Å². The normalized spacial score (nSPS) is 31.8. The van der Waals surface area contributed by atoms with Crippen molar-refractivity contribution in [3.63, 3.8) is 0 Å². The first-order chi connectivity index (χ1) is 5.65. The average molecular weight is 179 g/mol. The summed E-state index contributed by atoms with van der Waals surface area (Å²) in [7, 11) is 0. The van der Waals surface area contributed by atoms with Gasteiger partial charge in [-0.1, -0.05) is 6.92 Å². The molecule has 0 radical (unpaired) electrons. The van der Waals surface area contributed by atoms with E-state index in [-0.39, 0.29) is 19.2 Å². The zero-order valence-corrected chi connectivity index (χ0v) is 7.21. The van der Waals surface area contributed by atoms with Gasteiger partial charge in [-0.3, -0.25) is 4.90 Å². The Kier molecular flexibility index (Phi) is 3.40. The Morgan fingerprint density at radius 1 is 1.58 bits per heavy atom. The van der Waals surface area contributed by atoms with Crippen molar-refractivity contribution in [3.8, 4) is 0 Å². The lowest BCUT2D eigenvalue weighted by molar-refractivity contribution is 0.0593. The van der Waals surface area contributed by atoms with E-state index in [0.717, 1.165) is 6.42 Å². The summed E-state index contributed by atoms with van der Waals surface area (Å²) in [5, 5.41) is 8.93. The smallest absolute Gasteiger partial charge is 0.251 e. The van der Waals surface area contributed by atoms with E-state index in [0.29, 0.717) is 12.5 Å². The minimum atomic E-state index is -2.29. The van der Waals surface area contributed by atoms with Crippen molar-refractivity contribution >= 4 is 0 Å².